The molecule has 0 aromatic carbocycles. The van der Waals surface area contributed by atoms with Gasteiger partial charge in [-0.15, -0.1) is 0 Å². The summed E-state index contributed by atoms with van der Waals surface area (Å²) < 4.78 is 8.97. The Kier molecular flexibility index (Phi) is 6.88. The molecule has 0 heterocycles. The average Bonchev–Trinajstić information content (AvgIpc) is 2.28. The number of nitrogens with two attached hydrogens (primary N) is 1. The molecule has 0 aromatic rings. The van der Waals surface area contributed by atoms with Crippen molar-refractivity contribution in [3.05, 3.63) is 0 Å². The fourth-order valence-corrected chi connectivity index (χ4v) is 1.38. The first-order valence-corrected chi connectivity index (χ1v) is 5.13. The molecule has 0 aliphatic carbocycles. The quantitative estimate of drug-likeness (QED) is 0.572. The Labute approximate surface area is 99.8 Å². The van der Waals surface area contributed by atoms with Crippen LogP contribution in [0, 0.1) is 0 Å². The van der Waals surface area contributed by atoms with Crippen LogP contribution in [0.1, 0.15) is 13.3 Å². The highest BCUT2D eigenvalue weighted by molar-refractivity contribution is 5.82. The number of carbonyl (C=O) groups excluding carboxylic acids is 3. The van der Waals surface area contributed by atoms with Crippen LogP contribution in [0.4, 0.5) is 0 Å². The Bertz CT molecular complexity index is 274. The third kappa shape index (κ3) is 5.30. The monoisotopic (exact) mass is 246 g/mol. The highest BCUT2D eigenvalue weighted by atomic mass is 16.5. The molecule has 0 saturated carbocycles. The van der Waals surface area contributed by atoms with Gasteiger partial charge in [-0.3, -0.25) is 19.3 Å². The molecule has 1 amide bonds. The van der Waals surface area contributed by atoms with Crippen LogP contribution >= 0.6 is 0 Å². The van der Waals surface area contributed by atoms with E-state index in [2.05, 4.69) is 9.47 Å². The van der Waals surface area contributed by atoms with Crippen LogP contribution in [0.3, 0.4) is 0 Å². The maximum Gasteiger partial charge on any atom is 0.319 e. The maximum atomic E-state index is 11.2. The summed E-state index contributed by atoms with van der Waals surface area (Å²) in [6.45, 7) is 1.36. The Balaban J connectivity index is 4.74. The lowest BCUT2D eigenvalue weighted by Gasteiger charge is -2.26. The number of carbonyl (C=O) groups is 3. The summed E-state index contributed by atoms with van der Waals surface area (Å²) in [6.07, 6.45) is 0.392. The van der Waals surface area contributed by atoms with Crippen LogP contribution in [0.15, 0.2) is 0 Å². The Morgan fingerprint density at radius 3 is 1.76 bits per heavy atom. The lowest BCUT2D eigenvalue weighted by Crippen LogP contribution is -2.49. The summed E-state index contributed by atoms with van der Waals surface area (Å²) >= 11 is 0. The highest BCUT2D eigenvalue weighted by Crippen LogP contribution is 2.04. The van der Waals surface area contributed by atoms with Gasteiger partial charge in [0.05, 0.1) is 33.4 Å². The minimum Gasteiger partial charge on any atom is -0.468 e. The van der Waals surface area contributed by atoms with Crippen LogP contribution in [0.2, 0.25) is 0 Å². The summed E-state index contributed by atoms with van der Waals surface area (Å²) in [5.74, 6) is -1.69. The molecule has 7 heteroatoms. The van der Waals surface area contributed by atoms with E-state index in [1.165, 1.54) is 19.1 Å². The number of methoxy groups -OCH3 is 2. The van der Waals surface area contributed by atoms with E-state index in [4.69, 9.17) is 5.73 Å². The van der Waals surface area contributed by atoms with Crippen molar-refractivity contribution in [2.45, 2.75) is 19.4 Å². The molecule has 0 spiro atoms. The minimum absolute atomic E-state index is 0.187. The first-order valence-electron chi connectivity index (χ1n) is 5.13. The molecule has 98 valence electrons. The standard InChI is InChI=1S/C10H18N2O5/c1-4-7(10(11)15)12(5-8(13)16-2)6-9(14)17-3/h7H,4-6H2,1-3H3,(H2,11,15). The van der Waals surface area contributed by atoms with Crippen molar-refractivity contribution in [2.24, 2.45) is 5.73 Å². The van der Waals surface area contributed by atoms with E-state index < -0.39 is 23.9 Å². The largest absolute Gasteiger partial charge is 0.468 e. The van der Waals surface area contributed by atoms with E-state index >= 15 is 0 Å². The van der Waals surface area contributed by atoms with Gasteiger partial charge in [0.1, 0.15) is 0 Å². The number of esters is 2. The molecule has 0 aliphatic rings. The summed E-state index contributed by atoms with van der Waals surface area (Å²) in [7, 11) is 2.45. The number of hydrogen-bond donors (Lipinski definition) is 1. The summed E-state index contributed by atoms with van der Waals surface area (Å²) in [5.41, 5.74) is 5.20. The Morgan fingerprint density at radius 1 is 1.12 bits per heavy atom. The second-order valence-electron chi connectivity index (χ2n) is 3.38. The zero-order chi connectivity index (χ0) is 13.4. The highest BCUT2D eigenvalue weighted by Gasteiger charge is 2.26. The molecule has 1 atom stereocenters. The minimum atomic E-state index is -0.701. The molecule has 7 nitrogen and oxygen atoms in total. The molecule has 17 heavy (non-hydrogen) atoms. The smallest absolute Gasteiger partial charge is 0.319 e. The molecule has 0 aromatic heterocycles. The van der Waals surface area contributed by atoms with Crippen LogP contribution in [-0.2, 0) is 23.9 Å². The summed E-state index contributed by atoms with van der Waals surface area (Å²) in [6, 6.07) is -0.701. The van der Waals surface area contributed by atoms with E-state index in [0.29, 0.717) is 6.42 Å². The fourth-order valence-electron chi connectivity index (χ4n) is 1.38. The Hall–Kier alpha value is -1.63. The topological polar surface area (TPSA) is 98.9 Å². The zero-order valence-electron chi connectivity index (χ0n) is 10.3. The second kappa shape index (κ2) is 7.61. The first kappa shape index (κ1) is 15.4. The van der Waals surface area contributed by atoms with E-state index in [1.54, 1.807) is 6.92 Å². The lowest BCUT2D eigenvalue weighted by molar-refractivity contribution is -0.147. The zero-order valence-corrected chi connectivity index (χ0v) is 10.3. The third-order valence-electron chi connectivity index (χ3n) is 2.28. The number of nitrogens with zero attached hydrogens (tertiary/aromatic N) is 1. The van der Waals surface area contributed by atoms with Crippen LogP contribution in [-0.4, -0.2) is 56.1 Å². The predicted octanol–water partition coefficient (Wildman–Crippen LogP) is -1.10. The van der Waals surface area contributed by atoms with Gasteiger partial charge < -0.3 is 15.2 Å². The summed E-state index contributed by atoms with van der Waals surface area (Å²) in [4.78, 5) is 34.9. The Morgan fingerprint density at radius 2 is 1.53 bits per heavy atom. The van der Waals surface area contributed by atoms with Gasteiger partial charge in [-0.25, -0.2) is 0 Å². The van der Waals surface area contributed by atoms with Gasteiger partial charge in [-0.2, -0.15) is 0 Å². The number of hydrogen-bond acceptors (Lipinski definition) is 6. The van der Waals surface area contributed by atoms with Crippen molar-refractivity contribution in [3.8, 4) is 0 Å². The van der Waals surface area contributed by atoms with E-state index in [-0.39, 0.29) is 13.1 Å². The van der Waals surface area contributed by atoms with Gasteiger partial charge in [0.25, 0.3) is 0 Å². The predicted molar refractivity (Wildman–Crippen MR) is 58.9 cm³/mol. The molecule has 0 radical (unpaired) electrons. The third-order valence-corrected chi connectivity index (χ3v) is 2.28. The van der Waals surface area contributed by atoms with Crippen molar-refractivity contribution in [2.75, 3.05) is 27.3 Å². The lowest BCUT2D eigenvalue weighted by atomic mass is 10.2. The van der Waals surface area contributed by atoms with Crippen LogP contribution < -0.4 is 5.73 Å². The van der Waals surface area contributed by atoms with Gasteiger partial charge in [-0.1, -0.05) is 6.92 Å². The van der Waals surface area contributed by atoms with Gasteiger partial charge in [-0.05, 0) is 6.42 Å². The number of ether oxygens (including phenoxy) is 2. The molecule has 0 bridgehead atoms. The fraction of sp³-hybridized carbons (Fsp3) is 0.700. The first-order chi connectivity index (χ1) is 7.96. The van der Waals surface area contributed by atoms with E-state index in [9.17, 15) is 14.4 Å². The van der Waals surface area contributed by atoms with E-state index in [1.807, 2.05) is 0 Å². The van der Waals surface area contributed by atoms with Gasteiger partial charge >= 0.3 is 11.9 Å². The molecular formula is C10H18N2O5. The summed E-state index contributed by atoms with van der Waals surface area (Å²) in [5, 5.41) is 0. The number of rotatable bonds is 7. The van der Waals surface area contributed by atoms with Crippen LogP contribution in [0.25, 0.3) is 0 Å². The van der Waals surface area contributed by atoms with Crippen LogP contribution in [0.5, 0.6) is 0 Å². The normalized spacial score (nSPS) is 12.0. The molecule has 0 fully saturated rings. The molecule has 0 aliphatic heterocycles. The average molecular weight is 246 g/mol. The van der Waals surface area contributed by atoms with Gasteiger partial charge in [0.2, 0.25) is 5.91 Å². The number of amides is 1. The maximum absolute atomic E-state index is 11.2. The molecule has 0 saturated heterocycles. The van der Waals surface area contributed by atoms with Crippen molar-refractivity contribution < 1.29 is 23.9 Å². The van der Waals surface area contributed by atoms with Crippen molar-refractivity contribution in [3.63, 3.8) is 0 Å². The van der Waals surface area contributed by atoms with Crippen molar-refractivity contribution in [1.29, 1.82) is 0 Å². The second-order valence-corrected chi connectivity index (χ2v) is 3.38. The van der Waals surface area contributed by atoms with Crippen molar-refractivity contribution in [1.82, 2.24) is 4.90 Å². The molecular weight excluding hydrogens is 228 g/mol. The molecule has 2 N–H and O–H groups in total. The van der Waals surface area contributed by atoms with Gasteiger partial charge in [0.15, 0.2) is 0 Å². The molecule has 1 unspecified atom stereocenters. The molecule has 0 rings (SSSR count). The van der Waals surface area contributed by atoms with Gasteiger partial charge in [0, 0.05) is 0 Å². The van der Waals surface area contributed by atoms with E-state index in [0.717, 1.165) is 0 Å². The van der Waals surface area contributed by atoms with Crippen molar-refractivity contribution >= 4 is 17.8 Å². The SMILES string of the molecule is CCC(C(N)=O)N(CC(=O)OC)CC(=O)OC. The number of primary amides is 1.